The Morgan fingerprint density at radius 2 is 1.81 bits per heavy atom. The van der Waals surface area contributed by atoms with E-state index in [0.717, 1.165) is 10.0 Å². The Bertz CT molecular complexity index is 1070. The molecule has 0 aliphatic heterocycles. The molecular weight excluding hydrogens is 427 g/mol. The zero-order valence-corrected chi connectivity index (χ0v) is 15.8. The lowest BCUT2D eigenvalue weighted by molar-refractivity contribution is -0.138. The number of aromatic nitrogens is 2. The highest BCUT2D eigenvalue weighted by Gasteiger charge is 2.28. The van der Waals surface area contributed by atoms with Gasteiger partial charge in [-0.1, -0.05) is 28.1 Å². The second-order valence-corrected chi connectivity index (χ2v) is 6.93. The number of para-hydroxylation sites is 2. The quantitative estimate of drug-likeness (QED) is 0.672. The van der Waals surface area contributed by atoms with E-state index in [9.17, 15) is 22.8 Å². The van der Waals surface area contributed by atoms with Crippen molar-refractivity contribution in [2.24, 2.45) is 0 Å². The summed E-state index contributed by atoms with van der Waals surface area (Å²) in [6, 6.07) is 12.2. The number of alkyl halides is 3. The van der Waals surface area contributed by atoms with Crippen molar-refractivity contribution in [2.45, 2.75) is 19.6 Å². The number of hydrogen-bond donors (Lipinski definition) is 1. The molecule has 1 aromatic heterocycles. The number of nitrogens with one attached hydrogen (secondary N) is 1. The zero-order valence-electron chi connectivity index (χ0n) is 14.2. The normalized spacial score (nSPS) is 11.7. The van der Waals surface area contributed by atoms with Gasteiger partial charge in [0.2, 0.25) is 5.91 Å². The number of carbonyl (C=O) groups excluding carboxylic acids is 1. The molecule has 0 aliphatic rings. The minimum atomic E-state index is -4.51. The summed E-state index contributed by atoms with van der Waals surface area (Å²) in [7, 11) is 0. The monoisotopic (exact) mass is 441 g/mol. The maximum Gasteiger partial charge on any atom is 0.405 e. The number of halogens is 4. The van der Waals surface area contributed by atoms with Gasteiger partial charge in [0.05, 0.1) is 16.7 Å². The first-order valence-corrected chi connectivity index (χ1v) is 8.77. The predicted octanol–water partition coefficient (Wildman–Crippen LogP) is 3.54. The van der Waals surface area contributed by atoms with Crippen molar-refractivity contribution >= 4 is 32.9 Å². The fourth-order valence-corrected chi connectivity index (χ4v) is 3.34. The van der Waals surface area contributed by atoms with E-state index in [2.05, 4.69) is 15.9 Å². The Labute approximate surface area is 160 Å². The first-order valence-electron chi connectivity index (χ1n) is 7.97. The minimum absolute atomic E-state index is 0.465. The van der Waals surface area contributed by atoms with Crippen LogP contribution in [0.5, 0.6) is 0 Å². The van der Waals surface area contributed by atoms with Gasteiger partial charge in [-0.2, -0.15) is 13.2 Å². The van der Waals surface area contributed by atoms with Crippen LogP contribution in [0.4, 0.5) is 13.2 Å². The number of hydrogen-bond acceptors (Lipinski definition) is 2. The van der Waals surface area contributed by atoms with Crippen LogP contribution in [0.3, 0.4) is 0 Å². The Kier molecular flexibility index (Phi) is 5.14. The molecule has 5 nitrogen and oxygen atoms in total. The topological polar surface area (TPSA) is 56.0 Å². The molecule has 142 valence electrons. The van der Waals surface area contributed by atoms with Gasteiger partial charge in [0, 0.05) is 4.47 Å². The van der Waals surface area contributed by atoms with Crippen molar-refractivity contribution in [3.05, 3.63) is 63.0 Å². The van der Waals surface area contributed by atoms with Gasteiger partial charge in [-0.05, 0) is 42.8 Å². The molecule has 0 spiro atoms. The molecule has 0 saturated heterocycles. The van der Waals surface area contributed by atoms with Crippen LogP contribution in [0, 0.1) is 6.92 Å². The Morgan fingerprint density at radius 1 is 1.15 bits per heavy atom. The number of fused-ring (bicyclic) bond motifs is 1. The second-order valence-electron chi connectivity index (χ2n) is 6.02. The van der Waals surface area contributed by atoms with Crippen molar-refractivity contribution in [3.63, 3.8) is 0 Å². The van der Waals surface area contributed by atoms with E-state index in [1.54, 1.807) is 41.7 Å². The third-order valence-electron chi connectivity index (χ3n) is 4.02. The van der Waals surface area contributed by atoms with Crippen LogP contribution in [0.15, 0.2) is 51.7 Å². The van der Waals surface area contributed by atoms with E-state index >= 15 is 0 Å². The SMILES string of the molecule is Cc1cc(Br)ccc1-n1c(=O)n(CC(=O)NCC(F)(F)F)c2ccccc21. The van der Waals surface area contributed by atoms with Gasteiger partial charge in [0.25, 0.3) is 0 Å². The molecule has 1 N–H and O–H groups in total. The van der Waals surface area contributed by atoms with Gasteiger partial charge >= 0.3 is 11.9 Å². The zero-order chi connectivity index (χ0) is 19.8. The molecule has 9 heteroatoms. The van der Waals surface area contributed by atoms with Crippen molar-refractivity contribution in [1.82, 2.24) is 14.5 Å². The van der Waals surface area contributed by atoms with Gasteiger partial charge in [-0.15, -0.1) is 0 Å². The molecule has 2 aromatic carbocycles. The van der Waals surface area contributed by atoms with Gasteiger partial charge < -0.3 is 5.32 Å². The summed E-state index contributed by atoms with van der Waals surface area (Å²) in [4.78, 5) is 24.9. The van der Waals surface area contributed by atoms with Gasteiger partial charge in [0.15, 0.2) is 0 Å². The Morgan fingerprint density at radius 3 is 2.44 bits per heavy atom. The summed E-state index contributed by atoms with van der Waals surface area (Å²) in [5.74, 6) is -0.884. The molecule has 0 unspecified atom stereocenters. The van der Waals surface area contributed by atoms with Crippen molar-refractivity contribution in [3.8, 4) is 5.69 Å². The average Bonchev–Trinajstić information content (AvgIpc) is 2.85. The van der Waals surface area contributed by atoms with E-state index in [1.807, 2.05) is 13.0 Å². The third-order valence-corrected chi connectivity index (χ3v) is 4.52. The van der Waals surface area contributed by atoms with Crippen LogP contribution in [-0.4, -0.2) is 27.8 Å². The molecule has 3 aromatic rings. The first kappa shape index (κ1) is 19.2. The van der Waals surface area contributed by atoms with Crippen molar-refractivity contribution < 1.29 is 18.0 Å². The van der Waals surface area contributed by atoms with Crippen LogP contribution in [0.25, 0.3) is 16.7 Å². The number of imidazole rings is 1. The summed E-state index contributed by atoms with van der Waals surface area (Å²) in [6.45, 7) is -0.0995. The summed E-state index contributed by atoms with van der Waals surface area (Å²) >= 11 is 3.37. The number of aryl methyl sites for hydroxylation is 1. The number of benzene rings is 2. The van der Waals surface area contributed by atoms with E-state index < -0.39 is 30.9 Å². The van der Waals surface area contributed by atoms with Crippen LogP contribution in [-0.2, 0) is 11.3 Å². The smallest absolute Gasteiger partial charge is 0.345 e. The van der Waals surface area contributed by atoms with Crippen LogP contribution >= 0.6 is 15.9 Å². The minimum Gasteiger partial charge on any atom is -0.345 e. The lowest BCUT2D eigenvalue weighted by Crippen LogP contribution is -2.38. The molecule has 1 amide bonds. The van der Waals surface area contributed by atoms with E-state index in [0.29, 0.717) is 16.7 Å². The third kappa shape index (κ3) is 4.08. The summed E-state index contributed by atoms with van der Waals surface area (Å²) in [6.07, 6.45) is -4.51. The Hall–Kier alpha value is -2.55. The van der Waals surface area contributed by atoms with Crippen LogP contribution < -0.4 is 11.0 Å². The summed E-state index contributed by atoms with van der Waals surface area (Å²) in [5.41, 5.74) is 2.00. The van der Waals surface area contributed by atoms with Gasteiger partial charge in [-0.3, -0.25) is 13.9 Å². The Balaban J connectivity index is 2.06. The molecule has 1 heterocycles. The molecule has 0 saturated carbocycles. The molecular formula is C18H15BrF3N3O2. The maximum absolute atomic E-state index is 13.0. The van der Waals surface area contributed by atoms with E-state index in [-0.39, 0.29) is 0 Å². The predicted molar refractivity (Wildman–Crippen MR) is 99.0 cm³/mol. The molecule has 0 aliphatic carbocycles. The summed E-state index contributed by atoms with van der Waals surface area (Å²) < 4.78 is 40.4. The van der Waals surface area contributed by atoms with Crippen molar-refractivity contribution in [1.29, 1.82) is 0 Å². The molecule has 0 bridgehead atoms. The fourth-order valence-electron chi connectivity index (χ4n) is 2.86. The van der Waals surface area contributed by atoms with Crippen LogP contribution in [0.2, 0.25) is 0 Å². The summed E-state index contributed by atoms with van der Waals surface area (Å²) in [5, 5.41) is 1.79. The number of nitrogens with zero attached hydrogens (tertiary/aromatic N) is 2. The lowest BCUT2D eigenvalue weighted by Gasteiger charge is -2.09. The standard InChI is InChI=1S/C18H15BrF3N3O2/c1-11-8-12(19)6-7-13(11)25-15-5-3-2-4-14(15)24(17(25)27)9-16(26)23-10-18(20,21)22/h2-8H,9-10H2,1H3,(H,23,26). The molecule has 0 atom stereocenters. The van der Waals surface area contributed by atoms with Crippen LogP contribution in [0.1, 0.15) is 5.56 Å². The molecule has 3 rings (SSSR count). The van der Waals surface area contributed by atoms with Gasteiger partial charge in [0.1, 0.15) is 13.1 Å². The lowest BCUT2D eigenvalue weighted by atomic mass is 10.2. The van der Waals surface area contributed by atoms with Crippen molar-refractivity contribution in [2.75, 3.05) is 6.54 Å². The largest absolute Gasteiger partial charge is 0.405 e. The highest BCUT2D eigenvalue weighted by Crippen LogP contribution is 2.23. The highest BCUT2D eigenvalue weighted by molar-refractivity contribution is 9.10. The number of rotatable bonds is 4. The number of amides is 1. The van der Waals surface area contributed by atoms with E-state index in [4.69, 9.17) is 0 Å². The number of carbonyl (C=O) groups is 1. The first-order chi connectivity index (χ1) is 12.7. The maximum atomic E-state index is 13.0. The fraction of sp³-hybridized carbons (Fsp3) is 0.222. The highest BCUT2D eigenvalue weighted by atomic mass is 79.9. The average molecular weight is 442 g/mol. The van der Waals surface area contributed by atoms with E-state index in [1.165, 1.54) is 9.13 Å². The molecule has 27 heavy (non-hydrogen) atoms. The molecule has 0 fully saturated rings. The second kappa shape index (κ2) is 7.22. The van der Waals surface area contributed by atoms with Gasteiger partial charge in [-0.25, -0.2) is 4.79 Å². The molecule has 0 radical (unpaired) electrons.